The van der Waals surface area contributed by atoms with Gasteiger partial charge in [0, 0.05) is 48.1 Å². The zero-order valence-corrected chi connectivity index (χ0v) is 37.8. The summed E-state index contributed by atoms with van der Waals surface area (Å²) in [5.41, 5.74) is 9.74. The molecule has 0 bridgehead atoms. The Bertz CT molecular complexity index is 4570. The molecule has 69 heavy (non-hydrogen) atoms. The number of rotatable bonds is 5. The lowest BCUT2D eigenvalue weighted by Crippen LogP contribution is -2.07. The van der Waals surface area contributed by atoms with Gasteiger partial charge in [-0.05, 0) is 79.8 Å². The Kier molecular flexibility index (Phi) is 8.17. The van der Waals surface area contributed by atoms with Gasteiger partial charge in [0.05, 0.1) is 32.5 Å². The van der Waals surface area contributed by atoms with Crippen molar-refractivity contribution < 1.29 is 0 Å². The molecule has 0 aliphatic carbocycles. The van der Waals surface area contributed by atoms with Crippen molar-refractivity contribution in [3.05, 3.63) is 224 Å². The molecule has 0 aliphatic heterocycles. The molecule has 15 aromatic rings. The molecule has 0 spiro atoms. The molecule has 4 aromatic heterocycles. The third kappa shape index (κ3) is 5.67. The molecular weight excluding hydrogens is 859 g/mol. The van der Waals surface area contributed by atoms with E-state index in [4.69, 9.17) is 15.0 Å². The molecule has 0 radical (unpaired) electrons. The van der Waals surface area contributed by atoms with Crippen LogP contribution in [-0.2, 0) is 0 Å². The van der Waals surface area contributed by atoms with Crippen molar-refractivity contribution in [2.24, 2.45) is 0 Å². The molecule has 5 nitrogen and oxygen atoms in total. The van der Waals surface area contributed by atoms with Crippen molar-refractivity contribution in [2.45, 2.75) is 0 Å². The van der Waals surface area contributed by atoms with Crippen LogP contribution in [0.4, 0.5) is 0 Å². The third-order valence-corrected chi connectivity index (χ3v) is 15.4. The number of aromatic nitrogens is 5. The number of fused-ring (bicyclic) bond motifs is 16. The molecule has 0 amide bonds. The zero-order valence-electron chi connectivity index (χ0n) is 37.0. The Labute approximate surface area is 399 Å². The van der Waals surface area contributed by atoms with E-state index in [2.05, 4.69) is 215 Å². The van der Waals surface area contributed by atoms with Gasteiger partial charge < -0.3 is 4.57 Å². The van der Waals surface area contributed by atoms with Crippen LogP contribution >= 0.6 is 11.3 Å². The summed E-state index contributed by atoms with van der Waals surface area (Å²) in [4.78, 5) is 16.3. The van der Waals surface area contributed by atoms with Gasteiger partial charge in [0.25, 0.3) is 0 Å². The van der Waals surface area contributed by atoms with E-state index in [-0.39, 0.29) is 0 Å². The smallest absolute Gasteiger partial charge is 0.238 e. The Morgan fingerprint density at radius 2 is 0.768 bits per heavy atom. The second-order valence-electron chi connectivity index (χ2n) is 17.9. The highest BCUT2D eigenvalue weighted by Crippen LogP contribution is 2.46. The first-order chi connectivity index (χ1) is 34.2. The molecule has 0 unspecified atom stereocenters. The molecule has 320 valence electrons. The first-order valence-electron chi connectivity index (χ1n) is 23.4. The van der Waals surface area contributed by atoms with Crippen LogP contribution in [0.1, 0.15) is 0 Å². The predicted octanol–water partition coefficient (Wildman–Crippen LogP) is 16.9. The van der Waals surface area contributed by atoms with Gasteiger partial charge in [-0.1, -0.05) is 188 Å². The summed E-state index contributed by atoms with van der Waals surface area (Å²) in [7, 11) is 0. The average molecular weight is 896 g/mol. The Hall–Kier alpha value is -8.97. The summed E-state index contributed by atoms with van der Waals surface area (Å²) in [5.74, 6) is 1.79. The van der Waals surface area contributed by atoms with E-state index < -0.39 is 0 Å². The van der Waals surface area contributed by atoms with E-state index in [1.165, 1.54) is 69.0 Å². The largest absolute Gasteiger partial charge is 0.306 e. The van der Waals surface area contributed by atoms with Crippen LogP contribution in [0.5, 0.6) is 0 Å². The van der Waals surface area contributed by atoms with Crippen molar-refractivity contribution >= 4 is 107 Å². The van der Waals surface area contributed by atoms with Gasteiger partial charge in [-0.3, -0.25) is 4.57 Å². The van der Waals surface area contributed by atoms with E-state index in [1.54, 1.807) is 0 Å². The number of hydrogen-bond donors (Lipinski definition) is 0. The zero-order chi connectivity index (χ0) is 45.2. The molecular formula is C63H37N5S. The van der Waals surface area contributed by atoms with E-state index in [0.717, 1.165) is 55.0 Å². The van der Waals surface area contributed by atoms with Crippen molar-refractivity contribution in [1.82, 2.24) is 24.1 Å². The highest BCUT2D eigenvalue weighted by Gasteiger charge is 2.25. The lowest BCUT2D eigenvalue weighted by atomic mass is 9.93. The molecule has 0 N–H and O–H groups in total. The number of benzene rings is 11. The van der Waals surface area contributed by atoms with Crippen molar-refractivity contribution in [3.8, 4) is 45.5 Å². The summed E-state index contributed by atoms with van der Waals surface area (Å²) < 4.78 is 7.29. The van der Waals surface area contributed by atoms with Gasteiger partial charge >= 0.3 is 0 Å². The third-order valence-electron chi connectivity index (χ3n) is 14.2. The second-order valence-corrected chi connectivity index (χ2v) is 18.9. The molecule has 0 aliphatic rings. The summed E-state index contributed by atoms with van der Waals surface area (Å²) >= 11 is 1.86. The Morgan fingerprint density at radius 1 is 0.290 bits per heavy atom. The first kappa shape index (κ1) is 38.2. The van der Waals surface area contributed by atoms with Crippen LogP contribution in [-0.4, -0.2) is 24.1 Å². The summed E-state index contributed by atoms with van der Waals surface area (Å²) in [6, 6.07) is 80.8. The number of para-hydroxylation sites is 2. The van der Waals surface area contributed by atoms with Crippen LogP contribution in [0.2, 0.25) is 0 Å². The normalized spacial score (nSPS) is 12.1. The minimum atomic E-state index is 0.561. The molecule has 6 heteroatoms. The predicted molar refractivity (Wildman–Crippen MR) is 290 cm³/mol. The lowest BCUT2D eigenvalue weighted by molar-refractivity contribution is 0.954. The van der Waals surface area contributed by atoms with E-state index in [1.807, 2.05) is 29.5 Å². The highest BCUT2D eigenvalue weighted by atomic mass is 32.1. The van der Waals surface area contributed by atoms with Crippen LogP contribution < -0.4 is 0 Å². The van der Waals surface area contributed by atoms with Crippen molar-refractivity contribution in [1.29, 1.82) is 0 Å². The first-order valence-corrected chi connectivity index (χ1v) is 24.2. The summed E-state index contributed by atoms with van der Waals surface area (Å²) in [5, 5.41) is 14.4. The minimum absolute atomic E-state index is 0.561. The topological polar surface area (TPSA) is 48.5 Å². The maximum Gasteiger partial charge on any atom is 0.238 e. The molecule has 0 saturated carbocycles. The maximum absolute atomic E-state index is 5.53. The highest BCUT2D eigenvalue weighted by molar-refractivity contribution is 7.26. The van der Waals surface area contributed by atoms with Crippen molar-refractivity contribution in [2.75, 3.05) is 0 Å². The van der Waals surface area contributed by atoms with E-state index >= 15 is 0 Å². The van der Waals surface area contributed by atoms with Gasteiger partial charge in [-0.2, -0.15) is 9.97 Å². The minimum Gasteiger partial charge on any atom is -0.306 e. The fourth-order valence-corrected chi connectivity index (χ4v) is 12.3. The molecule has 15 rings (SSSR count). The molecule has 0 fully saturated rings. The molecule has 11 aromatic carbocycles. The Morgan fingerprint density at radius 3 is 1.43 bits per heavy atom. The van der Waals surface area contributed by atoms with Crippen molar-refractivity contribution in [3.63, 3.8) is 0 Å². The van der Waals surface area contributed by atoms with Gasteiger partial charge in [-0.25, -0.2) is 4.98 Å². The molecule has 0 saturated heterocycles. The van der Waals surface area contributed by atoms with Crippen LogP contribution in [0.25, 0.3) is 142 Å². The lowest BCUT2D eigenvalue weighted by Gasteiger charge is -2.14. The number of thiophene rings is 1. The number of nitrogens with zero attached hydrogens (tertiary/aromatic N) is 5. The average Bonchev–Trinajstić information content (AvgIpc) is 4.09. The van der Waals surface area contributed by atoms with Gasteiger partial charge in [-0.15, -0.1) is 11.3 Å². The monoisotopic (exact) mass is 895 g/mol. The van der Waals surface area contributed by atoms with Gasteiger partial charge in [0.15, 0.2) is 11.6 Å². The van der Waals surface area contributed by atoms with Crippen LogP contribution in [0, 0.1) is 0 Å². The summed E-state index contributed by atoms with van der Waals surface area (Å²) in [6.07, 6.45) is 0. The number of hydrogen-bond acceptors (Lipinski definition) is 4. The van der Waals surface area contributed by atoms with Gasteiger partial charge in [0.2, 0.25) is 5.95 Å². The molecule has 0 atom stereocenters. The standard InChI is InChI=1S/C63H37N5S/c1-3-16-38(17-4-1)40-31-35-57-53(36-40)51-26-15-29-56(60(51)69-57)67-54-27-13-11-24-47(54)49-33-34-50-48-25-12-14-28-55(48)68(59(50)58(49)67)63-65-61(39-18-5-2-6-19-39)64-62(66-63)41-30-32-46-44-22-8-7-20-42(44)43-21-9-10-23-45(43)52(46)37-41/h1-37H. The van der Waals surface area contributed by atoms with Gasteiger partial charge in [0.1, 0.15) is 0 Å². The van der Waals surface area contributed by atoms with E-state index in [0.29, 0.717) is 17.6 Å². The quantitative estimate of drug-likeness (QED) is 0.162. The van der Waals surface area contributed by atoms with Crippen LogP contribution in [0.15, 0.2) is 224 Å². The van der Waals surface area contributed by atoms with E-state index in [9.17, 15) is 0 Å². The fourth-order valence-electron chi connectivity index (χ4n) is 11.1. The fraction of sp³-hybridized carbons (Fsp3) is 0. The van der Waals surface area contributed by atoms with Crippen LogP contribution in [0.3, 0.4) is 0 Å². The summed E-state index contributed by atoms with van der Waals surface area (Å²) in [6.45, 7) is 0. The second kappa shape index (κ2) is 14.8. The SMILES string of the molecule is c1ccc(-c2ccc3sc4c(-n5c6ccccc6c6ccc7c8ccccc8n(-c8nc(-c9ccccc9)nc(-c9ccc%10c%11ccccc%11c%11ccccc%11c%10c9)n8)c7c65)cccc4c3c2)cc1. The molecule has 4 heterocycles. The maximum atomic E-state index is 5.53. The Balaban J connectivity index is 1.04.